The summed E-state index contributed by atoms with van der Waals surface area (Å²) in [6.07, 6.45) is 5.13. The van der Waals surface area contributed by atoms with Gasteiger partial charge in [0.05, 0.1) is 0 Å². The molecule has 21 heavy (non-hydrogen) atoms. The van der Waals surface area contributed by atoms with Crippen LogP contribution < -0.4 is 5.32 Å². The number of carbonyl (C=O) groups excluding carboxylic acids is 1. The zero-order valence-corrected chi connectivity index (χ0v) is 11.7. The first-order chi connectivity index (χ1) is 10.1. The molecular formula is C16H18F2N2O. The zero-order chi connectivity index (χ0) is 14.8. The molecule has 2 aliphatic heterocycles. The quantitative estimate of drug-likeness (QED) is 0.926. The largest absolute Gasteiger partial charge is 0.337 e. The summed E-state index contributed by atoms with van der Waals surface area (Å²) in [5, 5.41) is 3.30. The molecule has 112 valence electrons. The lowest BCUT2D eigenvalue weighted by atomic mass is 10.0. The van der Waals surface area contributed by atoms with Crippen molar-refractivity contribution in [3.8, 4) is 0 Å². The van der Waals surface area contributed by atoms with Crippen molar-refractivity contribution < 1.29 is 13.6 Å². The predicted octanol–water partition coefficient (Wildman–Crippen LogP) is 2.19. The van der Waals surface area contributed by atoms with E-state index in [2.05, 4.69) is 5.32 Å². The van der Waals surface area contributed by atoms with Gasteiger partial charge in [-0.1, -0.05) is 18.2 Å². The summed E-state index contributed by atoms with van der Waals surface area (Å²) in [5.74, 6) is -1.47. The Morgan fingerprint density at radius 1 is 1.33 bits per heavy atom. The molecule has 3 rings (SSSR count). The van der Waals surface area contributed by atoms with Gasteiger partial charge in [0.1, 0.15) is 0 Å². The van der Waals surface area contributed by atoms with Crippen molar-refractivity contribution in [2.24, 2.45) is 5.92 Å². The van der Waals surface area contributed by atoms with E-state index >= 15 is 0 Å². The molecular weight excluding hydrogens is 274 g/mol. The molecule has 0 bridgehead atoms. The van der Waals surface area contributed by atoms with Crippen molar-refractivity contribution in [2.75, 3.05) is 19.6 Å². The number of amides is 1. The van der Waals surface area contributed by atoms with Crippen molar-refractivity contribution in [1.82, 2.24) is 10.2 Å². The minimum Gasteiger partial charge on any atom is -0.337 e. The number of fused-ring (bicyclic) bond motifs is 1. The van der Waals surface area contributed by atoms with Crippen LogP contribution in [0.5, 0.6) is 0 Å². The fraction of sp³-hybridized carbons (Fsp3) is 0.438. The number of carbonyl (C=O) groups is 1. The van der Waals surface area contributed by atoms with Crippen molar-refractivity contribution in [1.29, 1.82) is 0 Å². The van der Waals surface area contributed by atoms with Gasteiger partial charge in [-0.25, -0.2) is 8.78 Å². The molecule has 0 spiro atoms. The van der Waals surface area contributed by atoms with Gasteiger partial charge in [-0.15, -0.1) is 0 Å². The van der Waals surface area contributed by atoms with E-state index in [-0.39, 0.29) is 11.8 Å². The number of benzene rings is 1. The number of halogens is 2. The fourth-order valence-electron chi connectivity index (χ4n) is 3.11. The first-order valence-corrected chi connectivity index (χ1v) is 7.28. The molecule has 0 aliphatic carbocycles. The van der Waals surface area contributed by atoms with Crippen LogP contribution in [0.3, 0.4) is 0 Å². The maximum absolute atomic E-state index is 13.1. The molecule has 1 aromatic carbocycles. The minimum absolute atomic E-state index is 0.0106. The Bertz CT molecular complexity index is 573. The van der Waals surface area contributed by atoms with Gasteiger partial charge >= 0.3 is 0 Å². The second-order valence-electron chi connectivity index (χ2n) is 5.63. The number of nitrogens with zero attached hydrogens (tertiary/aromatic N) is 1. The molecule has 3 nitrogen and oxygen atoms in total. The van der Waals surface area contributed by atoms with Crippen LogP contribution in [-0.2, 0) is 4.79 Å². The van der Waals surface area contributed by atoms with Gasteiger partial charge in [0.15, 0.2) is 11.6 Å². The highest BCUT2D eigenvalue weighted by Gasteiger charge is 2.39. The summed E-state index contributed by atoms with van der Waals surface area (Å²) in [7, 11) is 0. The summed E-state index contributed by atoms with van der Waals surface area (Å²) in [4.78, 5) is 14.2. The molecule has 5 heteroatoms. The average Bonchev–Trinajstić information content (AvgIpc) is 2.80. The first kappa shape index (κ1) is 14.2. The summed E-state index contributed by atoms with van der Waals surface area (Å²) in [6, 6.07) is 4.11. The normalized spacial score (nSPS) is 25.6. The molecule has 2 atom stereocenters. The standard InChI is InChI=1S/C16H18F2N2O/c17-14-5-4-11(8-15(14)18)2-1-3-12-9-13-10-19-6-7-20(13)16(12)21/h1-2,4-5,8,12-13,19H,3,6-7,9-10H2/b2-1+/t12-,13-/m0/s1. The monoisotopic (exact) mass is 292 g/mol. The number of piperazine rings is 1. The maximum Gasteiger partial charge on any atom is 0.226 e. The van der Waals surface area contributed by atoms with Crippen LogP contribution in [0.25, 0.3) is 6.08 Å². The van der Waals surface area contributed by atoms with Crippen LogP contribution in [0.4, 0.5) is 8.78 Å². The van der Waals surface area contributed by atoms with Gasteiger partial charge in [0.25, 0.3) is 0 Å². The van der Waals surface area contributed by atoms with Crippen molar-refractivity contribution >= 4 is 12.0 Å². The molecule has 0 aromatic heterocycles. The van der Waals surface area contributed by atoms with Crippen LogP contribution in [0.1, 0.15) is 18.4 Å². The third kappa shape index (κ3) is 2.97. The zero-order valence-electron chi connectivity index (χ0n) is 11.7. The van der Waals surface area contributed by atoms with Gasteiger partial charge < -0.3 is 10.2 Å². The summed E-state index contributed by atoms with van der Waals surface area (Å²) in [5.41, 5.74) is 0.610. The van der Waals surface area contributed by atoms with Gasteiger partial charge in [0, 0.05) is 31.6 Å². The Morgan fingerprint density at radius 3 is 2.95 bits per heavy atom. The van der Waals surface area contributed by atoms with Gasteiger partial charge in [-0.05, 0) is 30.5 Å². The predicted molar refractivity (Wildman–Crippen MR) is 76.5 cm³/mol. The summed E-state index contributed by atoms with van der Waals surface area (Å²) < 4.78 is 25.9. The molecule has 0 radical (unpaired) electrons. The van der Waals surface area contributed by atoms with E-state index in [1.807, 2.05) is 11.0 Å². The van der Waals surface area contributed by atoms with Crippen LogP contribution in [0, 0.1) is 17.6 Å². The Morgan fingerprint density at radius 2 is 2.19 bits per heavy atom. The number of rotatable bonds is 3. The lowest BCUT2D eigenvalue weighted by molar-refractivity contribution is -0.132. The van der Waals surface area contributed by atoms with Crippen LogP contribution in [0.15, 0.2) is 24.3 Å². The van der Waals surface area contributed by atoms with E-state index in [0.29, 0.717) is 18.0 Å². The molecule has 2 heterocycles. The second kappa shape index (κ2) is 5.93. The lowest BCUT2D eigenvalue weighted by Gasteiger charge is -2.30. The first-order valence-electron chi connectivity index (χ1n) is 7.28. The van der Waals surface area contributed by atoms with E-state index in [9.17, 15) is 13.6 Å². The fourth-order valence-corrected chi connectivity index (χ4v) is 3.11. The van der Waals surface area contributed by atoms with E-state index in [1.54, 1.807) is 6.08 Å². The van der Waals surface area contributed by atoms with E-state index in [4.69, 9.17) is 0 Å². The Kier molecular flexibility index (Phi) is 4.01. The number of nitrogens with one attached hydrogen (secondary N) is 1. The molecule has 1 N–H and O–H groups in total. The summed E-state index contributed by atoms with van der Waals surface area (Å²) in [6.45, 7) is 2.52. The minimum atomic E-state index is -0.850. The average molecular weight is 292 g/mol. The molecule has 2 saturated heterocycles. The summed E-state index contributed by atoms with van der Waals surface area (Å²) >= 11 is 0. The number of allylic oxidation sites excluding steroid dienone is 1. The van der Waals surface area contributed by atoms with Crippen molar-refractivity contribution in [3.63, 3.8) is 0 Å². The third-order valence-corrected chi connectivity index (χ3v) is 4.21. The molecule has 0 saturated carbocycles. The highest BCUT2D eigenvalue weighted by atomic mass is 19.2. The second-order valence-corrected chi connectivity index (χ2v) is 5.63. The SMILES string of the molecule is O=C1[C@@H](C/C=C/c2ccc(F)c(F)c2)C[C@H]2CNCCN12. The smallest absolute Gasteiger partial charge is 0.226 e. The third-order valence-electron chi connectivity index (χ3n) is 4.21. The number of hydrogen-bond acceptors (Lipinski definition) is 2. The van der Waals surface area contributed by atoms with E-state index < -0.39 is 11.6 Å². The molecule has 2 aliphatic rings. The van der Waals surface area contributed by atoms with Crippen LogP contribution >= 0.6 is 0 Å². The lowest BCUT2D eigenvalue weighted by Crippen LogP contribution is -2.49. The topological polar surface area (TPSA) is 32.3 Å². The van der Waals surface area contributed by atoms with Gasteiger partial charge in [-0.2, -0.15) is 0 Å². The maximum atomic E-state index is 13.1. The Labute approximate surface area is 122 Å². The molecule has 0 unspecified atom stereocenters. The Balaban J connectivity index is 1.61. The van der Waals surface area contributed by atoms with Crippen molar-refractivity contribution in [2.45, 2.75) is 18.9 Å². The van der Waals surface area contributed by atoms with Crippen molar-refractivity contribution in [3.05, 3.63) is 41.5 Å². The highest BCUT2D eigenvalue weighted by Crippen LogP contribution is 2.28. The molecule has 2 fully saturated rings. The molecule has 1 amide bonds. The Hall–Kier alpha value is -1.75. The van der Waals surface area contributed by atoms with Gasteiger partial charge in [-0.3, -0.25) is 4.79 Å². The number of hydrogen-bond donors (Lipinski definition) is 1. The highest BCUT2D eigenvalue weighted by molar-refractivity contribution is 5.82. The van der Waals surface area contributed by atoms with E-state index in [1.165, 1.54) is 6.07 Å². The van der Waals surface area contributed by atoms with Gasteiger partial charge in [0.2, 0.25) is 5.91 Å². The van der Waals surface area contributed by atoms with Crippen LogP contribution in [0.2, 0.25) is 0 Å². The molecule has 1 aromatic rings. The van der Waals surface area contributed by atoms with Crippen LogP contribution in [-0.4, -0.2) is 36.5 Å². The van der Waals surface area contributed by atoms with E-state index in [0.717, 1.165) is 38.2 Å².